The molecule has 7 nitrogen and oxygen atoms in total. The van der Waals surface area contributed by atoms with Crippen LogP contribution in [0.5, 0.6) is 5.75 Å². The molecule has 7 heteroatoms. The van der Waals surface area contributed by atoms with E-state index in [9.17, 15) is 9.59 Å². The maximum absolute atomic E-state index is 12.6. The van der Waals surface area contributed by atoms with E-state index in [0.29, 0.717) is 5.75 Å². The van der Waals surface area contributed by atoms with Crippen LogP contribution in [-0.4, -0.2) is 34.4 Å². The monoisotopic (exact) mass is 359 g/mol. The molecule has 140 valence electrons. The first-order valence-corrected chi connectivity index (χ1v) is 8.60. The third-order valence-electron chi connectivity index (χ3n) is 3.89. The summed E-state index contributed by atoms with van der Waals surface area (Å²) in [5, 5.41) is 6.72. The Morgan fingerprint density at radius 2 is 1.92 bits per heavy atom. The van der Waals surface area contributed by atoms with Crippen molar-refractivity contribution in [2.45, 2.75) is 39.7 Å². The smallest absolute Gasteiger partial charge is 0.343 e. The second kappa shape index (κ2) is 8.51. The summed E-state index contributed by atoms with van der Waals surface area (Å²) in [6, 6.07) is 7.62. The molecule has 1 aromatic carbocycles. The Labute approximate surface area is 153 Å². The number of carbonyl (C=O) groups excluding carboxylic acids is 2. The molecule has 0 aliphatic rings. The number of ether oxygens (including phenoxy) is 2. The van der Waals surface area contributed by atoms with Crippen LogP contribution < -0.4 is 10.1 Å². The van der Waals surface area contributed by atoms with Gasteiger partial charge in [-0.3, -0.25) is 9.48 Å². The van der Waals surface area contributed by atoms with Gasteiger partial charge in [-0.25, -0.2) is 4.79 Å². The van der Waals surface area contributed by atoms with Crippen LogP contribution in [-0.2, 0) is 16.6 Å². The molecule has 26 heavy (non-hydrogen) atoms. The van der Waals surface area contributed by atoms with Crippen LogP contribution in [0, 0.1) is 0 Å². The zero-order valence-corrected chi connectivity index (χ0v) is 15.8. The van der Waals surface area contributed by atoms with E-state index in [2.05, 4.69) is 24.3 Å². The highest BCUT2D eigenvalue weighted by molar-refractivity contribution is 6.01. The van der Waals surface area contributed by atoms with Gasteiger partial charge in [-0.15, -0.1) is 0 Å². The van der Waals surface area contributed by atoms with Gasteiger partial charge in [0.05, 0.1) is 12.8 Å². The van der Waals surface area contributed by atoms with Gasteiger partial charge in [-0.1, -0.05) is 32.0 Å². The molecule has 1 heterocycles. The average molecular weight is 359 g/mol. The number of hydrogen-bond donors (Lipinski definition) is 1. The average Bonchev–Trinajstić information content (AvgIpc) is 2.96. The van der Waals surface area contributed by atoms with Crippen LogP contribution in [0.2, 0.25) is 0 Å². The van der Waals surface area contributed by atoms with E-state index in [0.717, 1.165) is 5.56 Å². The number of aromatic nitrogens is 2. The third-order valence-corrected chi connectivity index (χ3v) is 3.89. The van der Waals surface area contributed by atoms with Gasteiger partial charge in [0, 0.05) is 7.05 Å². The number of rotatable bonds is 7. The molecular weight excluding hydrogens is 334 g/mol. The number of nitrogens with one attached hydrogen (secondary N) is 1. The Morgan fingerprint density at radius 3 is 2.58 bits per heavy atom. The second-order valence-corrected chi connectivity index (χ2v) is 6.19. The SMILES string of the molecule is CCOC(=O)c1cnn(C)c1NC(=O)C(C)Oc1ccccc1C(C)C. The van der Waals surface area contributed by atoms with Gasteiger partial charge in [0.25, 0.3) is 5.91 Å². The van der Waals surface area contributed by atoms with Crippen molar-refractivity contribution in [3.05, 3.63) is 41.6 Å². The number of esters is 1. The first kappa shape index (κ1) is 19.5. The van der Waals surface area contributed by atoms with Gasteiger partial charge in [-0.2, -0.15) is 5.10 Å². The van der Waals surface area contributed by atoms with E-state index in [1.54, 1.807) is 20.9 Å². The highest BCUT2D eigenvalue weighted by Crippen LogP contribution is 2.27. The zero-order valence-electron chi connectivity index (χ0n) is 15.8. The molecule has 0 radical (unpaired) electrons. The largest absolute Gasteiger partial charge is 0.481 e. The summed E-state index contributed by atoms with van der Waals surface area (Å²) in [7, 11) is 1.64. The fraction of sp³-hybridized carbons (Fsp3) is 0.421. The molecular formula is C19H25N3O4. The molecule has 1 unspecified atom stereocenters. The lowest BCUT2D eigenvalue weighted by Crippen LogP contribution is -2.31. The van der Waals surface area contributed by atoms with E-state index in [1.807, 2.05) is 24.3 Å². The van der Waals surface area contributed by atoms with Crippen LogP contribution in [0.15, 0.2) is 30.5 Å². The van der Waals surface area contributed by atoms with E-state index in [1.165, 1.54) is 10.9 Å². The molecule has 2 aromatic rings. The van der Waals surface area contributed by atoms with Gasteiger partial charge < -0.3 is 14.8 Å². The second-order valence-electron chi connectivity index (χ2n) is 6.19. The molecule has 1 aromatic heterocycles. The predicted octanol–water partition coefficient (Wildman–Crippen LogP) is 3.13. The molecule has 0 aliphatic carbocycles. The topological polar surface area (TPSA) is 82.5 Å². The minimum Gasteiger partial charge on any atom is -0.481 e. The molecule has 0 bridgehead atoms. The first-order valence-electron chi connectivity index (χ1n) is 8.60. The van der Waals surface area contributed by atoms with Crippen LogP contribution in [0.25, 0.3) is 0 Å². The molecule has 1 N–H and O–H groups in total. The van der Waals surface area contributed by atoms with Crippen molar-refractivity contribution in [1.29, 1.82) is 0 Å². The molecule has 2 rings (SSSR count). The van der Waals surface area contributed by atoms with Crippen molar-refractivity contribution in [2.75, 3.05) is 11.9 Å². The number of aryl methyl sites for hydroxylation is 1. The number of anilines is 1. The predicted molar refractivity (Wildman–Crippen MR) is 98.4 cm³/mol. The number of amides is 1. The zero-order chi connectivity index (χ0) is 19.3. The summed E-state index contributed by atoms with van der Waals surface area (Å²) in [5.41, 5.74) is 1.23. The van der Waals surface area contributed by atoms with Crippen molar-refractivity contribution >= 4 is 17.7 Å². The lowest BCUT2D eigenvalue weighted by Gasteiger charge is -2.19. The maximum Gasteiger partial charge on any atom is 0.343 e. The van der Waals surface area contributed by atoms with Crippen LogP contribution >= 0.6 is 0 Å². The molecule has 1 amide bonds. The van der Waals surface area contributed by atoms with Gasteiger partial charge in [-0.05, 0) is 31.4 Å². The number of carbonyl (C=O) groups is 2. The van der Waals surface area contributed by atoms with E-state index in [4.69, 9.17) is 9.47 Å². The van der Waals surface area contributed by atoms with Crippen molar-refractivity contribution in [3.63, 3.8) is 0 Å². The summed E-state index contributed by atoms with van der Waals surface area (Å²) in [4.78, 5) is 24.5. The fourth-order valence-corrected chi connectivity index (χ4v) is 2.47. The van der Waals surface area contributed by atoms with Gasteiger partial charge in [0.1, 0.15) is 17.1 Å². The molecule has 1 atom stereocenters. The fourth-order valence-electron chi connectivity index (χ4n) is 2.47. The summed E-state index contributed by atoms with van der Waals surface area (Å²) in [5.74, 6) is 0.308. The Kier molecular flexibility index (Phi) is 6.38. The minimum absolute atomic E-state index is 0.206. The Bertz CT molecular complexity index is 783. The number of benzene rings is 1. The molecule has 0 saturated carbocycles. The van der Waals surface area contributed by atoms with Gasteiger partial charge in [0.15, 0.2) is 6.10 Å². The van der Waals surface area contributed by atoms with Gasteiger partial charge >= 0.3 is 5.97 Å². The van der Waals surface area contributed by atoms with Crippen LogP contribution in [0.1, 0.15) is 49.5 Å². The van der Waals surface area contributed by atoms with Gasteiger partial charge in [0.2, 0.25) is 0 Å². The normalized spacial score (nSPS) is 11.9. The molecule has 0 saturated heterocycles. The van der Waals surface area contributed by atoms with E-state index in [-0.39, 0.29) is 29.8 Å². The van der Waals surface area contributed by atoms with Crippen LogP contribution in [0.3, 0.4) is 0 Å². The molecule has 0 aliphatic heterocycles. The highest BCUT2D eigenvalue weighted by atomic mass is 16.5. The Balaban J connectivity index is 2.14. The molecule has 0 spiro atoms. The summed E-state index contributed by atoms with van der Waals surface area (Å²) >= 11 is 0. The minimum atomic E-state index is -0.750. The quantitative estimate of drug-likeness (QED) is 0.768. The summed E-state index contributed by atoms with van der Waals surface area (Å²) < 4.78 is 12.2. The maximum atomic E-state index is 12.6. The Hall–Kier alpha value is -2.83. The molecule has 0 fully saturated rings. The van der Waals surface area contributed by atoms with Crippen molar-refractivity contribution < 1.29 is 19.1 Å². The van der Waals surface area contributed by atoms with Crippen LogP contribution in [0.4, 0.5) is 5.82 Å². The summed E-state index contributed by atoms with van der Waals surface area (Å²) in [6.07, 6.45) is 0.618. The van der Waals surface area contributed by atoms with E-state index >= 15 is 0 Å². The first-order chi connectivity index (χ1) is 12.3. The van der Waals surface area contributed by atoms with Crippen molar-refractivity contribution in [3.8, 4) is 5.75 Å². The Morgan fingerprint density at radius 1 is 1.23 bits per heavy atom. The number of nitrogens with zero attached hydrogens (tertiary/aromatic N) is 2. The number of para-hydroxylation sites is 1. The van der Waals surface area contributed by atoms with Crippen molar-refractivity contribution in [2.24, 2.45) is 7.05 Å². The third kappa shape index (κ3) is 4.41. The number of hydrogen-bond acceptors (Lipinski definition) is 5. The standard InChI is InChI=1S/C19H25N3O4/c1-6-25-19(24)15-11-20-22(5)17(15)21-18(23)13(4)26-16-10-8-7-9-14(16)12(2)3/h7-13H,6H2,1-5H3,(H,21,23). The van der Waals surface area contributed by atoms with E-state index < -0.39 is 12.1 Å². The van der Waals surface area contributed by atoms with Crippen molar-refractivity contribution in [1.82, 2.24) is 9.78 Å². The lowest BCUT2D eigenvalue weighted by atomic mass is 10.0. The lowest BCUT2D eigenvalue weighted by molar-refractivity contribution is -0.122. The highest BCUT2D eigenvalue weighted by Gasteiger charge is 2.23. The summed E-state index contributed by atoms with van der Waals surface area (Å²) in [6.45, 7) is 7.75.